The fraction of sp³-hybridized carbons (Fsp3) is 0.500. The van der Waals surface area contributed by atoms with Gasteiger partial charge in [-0.15, -0.1) is 0 Å². The zero-order chi connectivity index (χ0) is 19.5. The number of esters is 1. The Bertz CT molecular complexity index is 691. The van der Waals surface area contributed by atoms with Crippen LogP contribution in [-0.4, -0.2) is 41.8 Å². The lowest BCUT2D eigenvalue weighted by Gasteiger charge is -2.49. The summed E-state index contributed by atoms with van der Waals surface area (Å²) in [5.41, 5.74) is 7.79. The van der Waals surface area contributed by atoms with Crippen LogP contribution in [0.3, 0.4) is 0 Å². The molecule has 26 heavy (non-hydrogen) atoms. The minimum atomic E-state index is -0.893. The summed E-state index contributed by atoms with van der Waals surface area (Å²) in [6, 6.07) is 7.55. The summed E-state index contributed by atoms with van der Waals surface area (Å²) in [4.78, 5) is 24.3. The maximum atomic E-state index is 11.6. The average molecular weight is 360 g/mol. The number of amides is 1. The maximum Gasteiger partial charge on any atom is 0.407 e. The van der Waals surface area contributed by atoms with E-state index in [9.17, 15) is 14.7 Å². The summed E-state index contributed by atoms with van der Waals surface area (Å²) in [5, 5.41) is 9.51. The number of rotatable bonds is 3. The second-order valence-electron chi connectivity index (χ2n) is 7.95. The van der Waals surface area contributed by atoms with E-state index in [1.54, 1.807) is 6.08 Å². The largest absolute Gasteiger partial charge is 0.466 e. The number of methoxy groups -OCH3 is 1. The topological polar surface area (TPSA) is 92.9 Å². The van der Waals surface area contributed by atoms with E-state index in [0.29, 0.717) is 19.4 Å². The van der Waals surface area contributed by atoms with Gasteiger partial charge < -0.3 is 20.5 Å². The van der Waals surface area contributed by atoms with E-state index >= 15 is 0 Å². The normalized spacial score (nSPS) is 23.9. The minimum Gasteiger partial charge on any atom is -0.466 e. The number of nitrogens with zero attached hydrogens (tertiary/aromatic N) is 1. The number of nitrogens with two attached hydrogens (primary N) is 1. The number of carboxylic acid groups (broad SMARTS) is 1. The van der Waals surface area contributed by atoms with Gasteiger partial charge in [-0.25, -0.2) is 9.59 Å². The van der Waals surface area contributed by atoms with E-state index in [1.807, 2.05) is 45.0 Å². The highest BCUT2D eigenvalue weighted by Crippen LogP contribution is 2.40. The molecule has 0 aliphatic carbocycles. The Morgan fingerprint density at radius 2 is 1.92 bits per heavy atom. The molecular formula is C20H28N2O4. The molecule has 1 saturated heterocycles. The monoisotopic (exact) mass is 360 g/mol. The van der Waals surface area contributed by atoms with Gasteiger partial charge in [0.1, 0.15) is 0 Å². The molecule has 0 radical (unpaired) electrons. The SMILES string of the molecule is COC(=O)C=Cc1ccc(C2(N)CCN(C(=O)O)C(C(C)(C)C)C2)cc1. The van der Waals surface area contributed by atoms with Gasteiger partial charge in [-0.2, -0.15) is 0 Å². The van der Waals surface area contributed by atoms with Gasteiger partial charge in [0.05, 0.1) is 7.11 Å². The Morgan fingerprint density at radius 3 is 2.42 bits per heavy atom. The van der Waals surface area contributed by atoms with Gasteiger partial charge >= 0.3 is 12.1 Å². The van der Waals surface area contributed by atoms with Crippen LogP contribution in [0.2, 0.25) is 0 Å². The summed E-state index contributed by atoms with van der Waals surface area (Å²) in [5.74, 6) is -0.404. The van der Waals surface area contributed by atoms with Crippen LogP contribution in [0, 0.1) is 5.41 Å². The lowest BCUT2D eigenvalue weighted by atomic mass is 9.71. The molecule has 0 bridgehead atoms. The van der Waals surface area contributed by atoms with Crippen LogP contribution in [0.25, 0.3) is 6.08 Å². The number of piperidine rings is 1. The van der Waals surface area contributed by atoms with Crippen molar-refractivity contribution in [2.45, 2.75) is 45.2 Å². The molecule has 6 nitrogen and oxygen atoms in total. The second-order valence-corrected chi connectivity index (χ2v) is 7.95. The van der Waals surface area contributed by atoms with E-state index in [2.05, 4.69) is 4.74 Å². The highest BCUT2D eigenvalue weighted by atomic mass is 16.5. The molecule has 3 N–H and O–H groups in total. The summed E-state index contributed by atoms with van der Waals surface area (Å²) in [6.45, 7) is 6.54. The predicted octanol–water partition coefficient (Wildman–Crippen LogP) is 3.22. The molecule has 0 spiro atoms. The zero-order valence-electron chi connectivity index (χ0n) is 15.9. The molecule has 1 fully saturated rings. The van der Waals surface area contributed by atoms with Gasteiger partial charge in [0.15, 0.2) is 0 Å². The smallest absolute Gasteiger partial charge is 0.407 e. The van der Waals surface area contributed by atoms with Crippen LogP contribution >= 0.6 is 0 Å². The van der Waals surface area contributed by atoms with Crippen molar-refractivity contribution in [1.82, 2.24) is 4.90 Å². The first-order valence-corrected chi connectivity index (χ1v) is 8.72. The molecule has 2 atom stereocenters. The number of hydrogen-bond donors (Lipinski definition) is 2. The molecular weight excluding hydrogens is 332 g/mol. The van der Waals surface area contributed by atoms with Crippen LogP contribution in [0.1, 0.15) is 44.7 Å². The van der Waals surface area contributed by atoms with Crippen molar-refractivity contribution in [2.24, 2.45) is 11.1 Å². The quantitative estimate of drug-likeness (QED) is 0.638. The molecule has 2 rings (SSSR count). The van der Waals surface area contributed by atoms with Crippen molar-refractivity contribution >= 4 is 18.1 Å². The lowest BCUT2D eigenvalue weighted by Crippen LogP contribution is -2.58. The summed E-state index contributed by atoms with van der Waals surface area (Å²) < 4.78 is 4.58. The van der Waals surface area contributed by atoms with Crippen LogP contribution in [0.15, 0.2) is 30.3 Å². The molecule has 1 aromatic carbocycles. The van der Waals surface area contributed by atoms with Crippen molar-refractivity contribution in [1.29, 1.82) is 0 Å². The Hall–Kier alpha value is -2.34. The fourth-order valence-electron chi connectivity index (χ4n) is 3.46. The number of benzene rings is 1. The molecule has 6 heteroatoms. The van der Waals surface area contributed by atoms with Crippen molar-refractivity contribution in [3.63, 3.8) is 0 Å². The maximum absolute atomic E-state index is 11.6. The van der Waals surface area contributed by atoms with E-state index in [0.717, 1.165) is 11.1 Å². The molecule has 0 saturated carbocycles. The third-order valence-electron chi connectivity index (χ3n) is 5.08. The number of ether oxygens (including phenoxy) is 1. The molecule has 1 amide bonds. The van der Waals surface area contributed by atoms with Crippen LogP contribution < -0.4 is 5.73 Å². The van der Waals surface area contributed by atoms with Crippen LogP contribution in [-0.2, 0) is 15.1 Å². The van der Waals surface area contributed by atoms with Crippen LogP contribution in [0.5, 0.6) is 0 Å². The highest BCUT2D eigenvalue weighted by Gasteiger charge is 2.44. The molecule has 1 aliphatic heterocycles. The van der Waals surface area contributed by atoms with Gasteiger partial charge in [-0.05, 0) is 35.5 Å². The number of carbonyl (C=O) groups is 2. The molecule has 2 unspecified atom stereocenters. The van der Waals surface area contributed by atoms with Crippen molar-refractivity contribution in [3.8, 4) is 0 Å². The third kappa shape index (κ3) is 4.43. The summed E-state index contributed by atoms with van der Waals surface area (Å²) >= 11 is 0. The average Bonchev–Trinajstić information content (AvgIpc) is 2.59. The summed E-state index contributed by atoms with van der Waals surface area (Å²) in [6.07, 6.45) is 3.30. The second kappa shape index (κ2) is 7.50. The Balaban J connectivity index is 2.23. The first kappa shape index (κ1) is 20.0. The third-order valence-corrected chi connectivity index (χ3v) is 5.08. The number of carbonyl (C=O) groups excluding carboxylic acids is 1. The molecule has 142 valence electrons. The van der Waals surface area contributed by atoms with Gasteiger partial charge in [0.25, 0.3) is 0 Å². The lowest BCUT2D eigenvalue weighted by molar-refractivity contribution is -0.134. The van der Waals surface area contributed by atoms with E-state index in [1.165, 1.54) is 18.1 Å². The van der Waals surface area contributed by atoms with E-state index in [-0.39, 0.29) is 11.5 Å². The Labute approximate surface area is 154 Å². The minimum absolute atomic E-state index is 0.155. The Kier molecular flexibility index (Phi) is 5.76. The van der Waals surface area contributed by atoms with Gasteiger partial charge in [-0.3, -0.25) is 0 Å². The number of likely N-dealkylation sites (tertiary alicyclic amines) is 1. The summed E-state index contributed by atoms with van der Waals surface area (Å²) in [7, 11) is 1.34. The molecule has 1 aromatic rings. The number of hydrogen-bond acceptors (Lipinski definition) is 4. The zero-order valence-corrected chi connectivity index (χ0v) is 15.9. The highest BCUT2D eigenvalue weighted by molar-refractivity contribution is 5.86. The van der Waals surface area contributed by atoms with Gasteiger partial charge in [0, 0.05) is 24.2 Å². The first-order chi connectivity index (χ1) is 12.1. The molecule has 0 aromatic heterocycles. The van der Waals surface area contributed by atoms with E-state index in [4.69, 9.17) is 5.73 Å². The van der Waals surface area contributed by atoms with Gasteiger partial charge in [-0.1, -0.05) is 45.0 Å². The van der Waals surface area contributed by atoms with Crippen LogP contribution in [0.4, 0.5) is 4.79 Å². The van der Waals surface area contributed by atoms with Crippen molar-refractivity contribution in [3.05, 3.63) is 41.5 Å². The molecule has 1 heterocycles. The van der Waals surface area contributed by atoms with E-state index < -0.39 is 17.6 Å². The predicted molar refractivity (Wildman–Crippen MR) is 101 cm³/mol. The first-order valence-electron chi connectivity index (χ1n) is 8.72. The Morgan fingerprint density at radius 1 is 1.31 bits per heavy atom. The molecule has 1 aliphatic rings. The van der Waals surface area contributed by atoms with Crippen molar-refractivity contribution in [2.75, 3.05) is 13.7 Å². The standard InChI is InChI=1S/C20H28N2O4/c1-19(2,3)16-13-20(21,11-12-22(16)18(24)25)15-8-5-14(6-9-15)7-10-17(23)26-4/h5-10,16H,11-13,21H2,1-4H3,(H,24,25). The van der Waals surface area contributed by atoms with Gasteiger partial charge in [0.2, 0.25) is 0 Å². The fourth-order valence-corrected chi connectivity index (χ4v) is 3.46. The van der Waals surface area contributed by atoms with Crippen molar-refractivity contribution < 1.29 is 19.4 Å².